The minimum Gasteiger partial charge on any atom is -0.481 e. The summed E-state index contributed by atoms with van der Waals surface area (Å²) in [6.45, 7) is 3.23. The van der Waals surface area contributed by atoms with Crippen molar-refractivity contribution in [2.24, 2.45) is 0 Å². The topological polar surface area (TPSA) is 83.5 Å². The fourth-order valence-electron chi connectivity index (χ4n) is 1.54. The standard InChI is InChI=1S/C12H15Cl2NO4S/c1-12(2,6-5-11(16)17)15-20(18,19)8-3-4-9(13)10(14)7-8/h3-4,7,15H,5-6H2,1-2H3,(H,16,17). The maximum Gasteiger partial charge on any atom is 0.303 e. The molecule has 0 unspecified atom stereocenters. The summed E-state index contributed by atoms with van der Waals surface area (Å²) < 4.78 is 26.8. The number of hydrogen-bond acceptors (Lipinski definition) is 3. The highest BCUT2D eigenvalue weighted by Crippen LogP contribution is 2.25. The van der Waals surface area contributed by atoms with E-state index in [4.69, 9.17) is 28.3 Å². The van der Waals surface area contributed by atoms with Crippen LogP contribution in [0.25, 0.3) is 0 Å². The van der Waals surface area contributed by atoms with Crippen LogP contribution in [-0.4, -0.2) is 25.0 Å². The lowest BCUT2D eigenvalue weighted by Crippen LogP contribution is -2.43. The van der Waals surface area contributed by atoms with Gasteiger partial charge in [-0.25, -0.2) is 13.1 Å². The van der Waals surface area contributed by atoms with Crippen LogP contribution < -0.4 is 4.72 Å². The molecule has 0 radical (unpaired) electrons. The van der Waals surface area contributed by atoms with Crippen LogP contribution in [0, 0.1) is 0 Å². The summed E-state index contributed by atoms with van der Waals surface area (Å²) >= 11 is 11.5. The molecule has 0 heterocycles. The smallest absolute Gasteiger partial charge is 0.303 e. The molecular formula is C12H15Cl2NO4S. The van der Waals surface area contributed by atoms with Gasteiger partial charge in [-0.1, -0.05) is 23.2 Å². The van der Waals surface area contributed by atoms with Gasteiger partial charge >= 0.3 is 5.97 Å². The number of nitrogens with one attached hydrogen (secondary N) is 1. The molecular weight excluding hydrogens is 325 g/mol. The molecule has 0 spiro atoms. The molecule has 112 valence electrons. The second kappa shape index (κ2) is 6.30. The zero-order valence-corrected chi connectivity index (χ0v) is 13.3. The summed E-state index contributed by atoms with van der Waals surface area (Å²) in [4.78, 5) is 10.5. The zero-order chi connectivity index (χ0) is 15.6. The third-order valence-corrected chi connectivity index (χ3v) is 5.01. The highest BCUT2D eigenvalue weighted by molar-refractivity contribution is 7.89. The van der Waals surface area contributed by atoms with Gasteiger partial charge in [0.25, 0.3) is 0 Å². The van der Waals surface area contributed by atoms with Gasteiger partial charge in [-0.15, -0.1) is 0 Å². The molecule has 0 aliphatic rings. The monoisotopic (exact) mass is 339 g/mol. The van der Waals surface area contributed by atoms with Crippen LogP contribution in [-0.2, 0) is 14.8 Å². The molecule has 0 amide bonds. The fraction of sp³-hybridized carbons (Fsp3) is 0.417. The first kappa shape index (κ1) is 17.2. The van der Waals surface area contributed by atoms with Crippen molar-refractivity contribution in [1.82, 2.24) is 4.72 Å². The van der Waals surface area contributed by atoms with Gasteiger partial charge in [-0.05, 0) is 38.5 Å². The van der Waals surface area contributed by atoms with Crippen molar-refractivity contribution in [1.29, 1.82) is 0 Å². The second-order valence-corrected chi connectivity index (χ2v) is 7.46. The number of aliphatic carboxylic acids is 1. The van der Waals surface area contributed by atoms with E-state index >= 15 is 0 Å². The molecule has 0 saturated heterocycles. The number of hydrogen-bond donors (Lipinski definition) is 2. The van der Waals surface area contributed by atoms with Crippen LogP contribution in [0.1, 0.15) is 26.7 Å². The Kier molecular flexibility index (Phi) is 5.43. The Labute approximate surface area is 127 Å². The largest absolute Gasteiger partial charge is 0.481 e. The third-order valence-electron chi connectivity index (χ3n) is 2.58. The van der Waals surface area contributed by atoms with E-state index in [0.717, 1.165) is 0 Å². The summed E-state index contributed by atoms with van der Waals surface area (Å²) in [5.41, 5.74) is -0.886. The molecule has 0 aliphatic heterocycles. The molecule has 0 aromatic heterocycles. The van der Waals surface area contributed by atoms with Crippen LogP contribution in [0.15, 0.2) is 23.1 Å². The average Bonchev–Trinajstić information content (AvgIpc) is 2.29. The molecule has 2 N–H and O–H groups in total. The first-order valence-corrected chi connectivity index (χ1v) is 7.98. The number of carboxylic acids is 1. The van der Waals surface area contributed by atoms with Crippen molar-refractivity contribution in [3.05, 3.63) is 28.2 Å². The summed E-state index contributed by atoms with van der Waals surface area (Å²) in [5, 5.41) is 9.05. The van der Waals surface area contributed by atoms with Gasteiger partial charge in [0.2, 0.25) is 10.0 Å². The Morgan fingerprint density at radius 2 is 1.90 bits per heavy atom. The summed E-state index contributed by atoms with van der Waals surface area (Å²) in [5.74, 6) is -0.980. The minimum absolute atomic E-state index is 0.0182. The number of sulfonamides is 1. The number of carboxylic acid groups (broad SMARTS) is 1. The number of carbonyl (C=O) groups is 1. The molecule has 0 saturated carbocycles. The molecule has 1 rings (SSSR count). The van der Waals surface area contributed by atoms with E-state index in [1.165, 1.54) is 18.2 Å². The number of halogens is 2. The van der Waals surface area contributed by atoms with E-state index in [-0.39, 0.29) is 27.8 Å². The number of benzene rings is 1. The van der Waals surface area contributed by atoms with Gasteiger partial charge in [0.1, 0.15) is 0 Å². The van der Waals surface area contributed by atoms with E-state index in [1.54, 1.807) is 13.8 Å². The fourth-order valence-corrected chi connectivity index (χ4v) is 3.37. The lowest BCUT2D eigenvalue weighted by Gasteiger charge is -2.25. The summed E-state index contributed by atoms with van der Waals surface area (Å²) in [7, 11) is -3.79. The van der Waals surface area contributed by atoms with Crippen LogP contribution in [0.5, 0.6) is 0 Å². The van der Waals surface area contributed by atoms with E-state index in [0.29, 0.717) is 0 Å². The quantitative estimate of drug-likeness (QED) is 0.834. The lowest BCUT2D eigenvalue weighted by molar-refractivity contribution is -0.137. The first-order valence-electron chi connectivity index (χ1n) is 5.74. The maximum absolute atomic E-state index is 12.2. The molecule has 0 aliphatic carbocycles. The van der Waals surface area contributed by atoms with E-state index in [2.05, 4.69) is 4.72 Å². The molecule has 0 bridgehead atoms. The molecule has 8 heteroatoms. The average molecular weight is 340 g/mol. The Hall–Kier alpha value is -0.820. The van der Waals surface area contributed by atoms with Crippen molar-refractivity contribution in [3.63, 3.8) is 0 Å². The predicted octanol–water partition coefficient (Wildman–Crippen LogP) is 2.92. The van der Waals surface area contributed by atoms with Crippen molar-refractivity contribution >= 4 is 39.2 Å². The van der Waals surface area contributed by atoms with Crippen molar-refractivity contribution < 1.29 is 18.3 Å². The molecule has 1 aromatic rings. The van der Waals surface area contributed by atoms with Crippen LogP contribution >= 0.6 is 23.2 Å². The predicted molar refractivity (Wildman–Crippen MR) is 77.7 cm³/mol. The van der Waals surface area contributed by atoms with Crippen molar-refractivity contribution in [3.8, 4) is 0 Å². The van der Waals surface area contributed by atoms with Gasteiger partial charge in [0, 0.05) is 12.0 Å². The highest BCUT2D eigenvalue weighted by Gasteiger charge is 2.27. The van der Waals surface area contributed by atoms with Crippen molar-refractivity contribution in [2.75, 3.05) is 0 Å². The lowest BCUT2D eigenvalue weighted by atomic mass is 10.0. The molecule has 1 aromatic carbocycles. The van der Waals surface area contributed by atoms with E-state index in [9.17, 15) is 13.2 Å². The Balaban J connectivity index is 2.93. The first-order chi connectivity index (χ1) is 9.03. The van der Waals surface area contributed by atoms with Gasteiger partial charge in [-0.2, -0.15) is 0 Å². The normalized spacial score (nSPS) is 12.4. The molecule has 20 heavy (non-hydrogen) atoms. The van der Waals surface area contributed by atoms with Gasteiger partial charge in [-0.3, -0.25) is 4.79 Å². The van der Waals surface area contributed by atoms with E-state index in [1.807, 2.05) is 0 Å². The molecule has 0 atom stereocenters. The van der Waals surface area contributed by atoms with E-state index < -0.39 is 21.5 Å². The Morgan fingerprint density at radius 3 is 2.40 bits per heavy atom. The highest BCUT2D eigenvalue weighted by atomic mass is 35.5. The summed E-state index contributed by atoms with van der Waals surface area (Å²) in [6, 6.07) is 3.98. The SMILES string of the molecule is CC(C)(CCC(=O)O)NS(=O)(=O)c1ccc(Cl)c(Cl)c1. The van der Waals surface area contributed by atoms with Gasteiger partial charge in [0.05, 0.1) is 14.9 Å². The molecule has 5 nitrogen and oxygen atoms in total. The Morgan fingerprint density at radius 1 is 1.30 bits per heavy atom. The number of rotatable bonds is 6. The van der Waals surface area contributed by atoms with Gasteiger partial charge in [0.15, 0.2) is 0 Å². The second-order valence-electron chi connectivity index (χ2n) is 4.96. The Bertz CT molecular complexity index is 614. The maximum atomic E-state index is 12.2. The van der Waals surface area contributed by atoms with Crippen molar-refractivity contribution in [2.45, 2.75) is 37.1 Å². The van der Waals surface area contributed by atoms with Gasteiger partial charge < -0.3 is 5.11 Å². The van der Waals surface area contributed by atoms with Crippen LogP contribution in [0.4, 0.5) is 0 Å². The zero-order valence-electron chi connectivity index (χ0n) is 11.0. The van der Waals surface area contributed by atoms with Crippen LogP contribution in [0.2, 0.25) is 10.0 Å². The minimum atomic E-state index is -3.79. The third kappa shape index (κ3) is 4.94. The van der Waals surface area contributed by atoms with Crippen LogP contribution in [0.3, 0.4) is 0 Å². The summed E-state index contributed by atoms with van der Waals surface area (Å²) in [6.07, 6.45) is 0.0414. The molecule has 0 fully saturated rings.